The van der Waals surface area contributed by atoms with Crippen molar-refractivity contribution >= 4 is 5.97 Å². The number of hydrogen-bond donors (Lipinski definition) is 1. The van der Waals surface area contributed by atoms with Crippen molar-refractivity contribution in [2.75, 3.05) is 20.8 Å². The second-order valence-electron chi connectivity index (χ2n) is 6.14. The Labute approximate surface area is 160 Å². The fourth-order valence-corrected chi connectivity index (χ4v) is 2.66. The third kappa shape index (κ3) is 6.90. The van der Waals surface area contributed by atoms with E-state index in [-0.39, 0.29) is 19.0 Å². The van der Waals surface area contributed by atoms with E-state index in [4.69, 9.17) is 9.47 Å². The van der Waals surface area contributed by atoms with E-state index in [0.29, 0.717) is 30.2 Å². The fraction of sp³-hybridized carbons (Fsp3) is 0.429. The maximum Gasteiger partial charge on any atom is 0.305 e. The van der Waals surface area contributed by atoms with Gasteiger partial charge in [-0.3, -0.25) is 9.78 Å². The Bertz CT molecular complexity index is 715. The van der Waals surface area contributed by atoms with E-state index in [9.17, 15) is 9.90 Å². The van der Waals surface area contributed by atoms with Crippen molar-refractivity contribution in [3.05, 3.63) is 53.3 Å². The average Bonchev–Trinajstić information content (AvgIpc) is 2.72. The first-order chi connectivity index (χ1) is 13.2. The normalized spacial score (nSPS) is 10.5. The molecule has 0 aliphatic heterocycles. The zero-order valence-corrected chi connectivity index (χ0v) is 15.9. The van der Waals surface area contributed by atoms with E-state index >= 15 is 0 Å². The van der Waals surface area contributed by atoms with Gasteiger partial charge in [0, 0.05) is 6.42 Å². The summed E-state index contributed by atoms with van der Waals surface area (Å²) in [5.41, 5.74) is 2.49. The molecule has 0 radical (unpaired) electrons. The highest BCUT2D eigenvalue weighted by molar-refractivity contribution is 5.69. The fourth-order valence-electron chi connectivity index (χ4n) is 2.66. The summed E-state index contributed by atoms with van der Waals surface area (Å²) in [6, 6.07) is 11.6. The molecule has 0 spiro atoms. The van der Waals surface area contributed by atoms with Gasteiger partial charge in [0.15, 0.2) is 0 Å². The molecule has 0 amide bonds. The number of ether oxygens (including phenoxy) is 3. The number of hydrogen-bond acceptors (Lipinski definition) is 6. The van der Waals surface area contributed by atoms with E-state index in [2.05, 4.69) is 21.9 Å². The molecule has 0 fully saturated rings. The molecule has 1 aromatic carbocycles. The van der Waals surface area contributed by atoms with Crippen LogP contribution in [-0.4, -0.2) is 36.9 Å². The molecule has 27 heavy (non-hydrogen) atoms. The van der Waals surface area contributed by atoms with Crippen LogP contribution in [0.1, 0.15) is 36.2 Å². The number of benzene rings is 1. The monoisotopic (exact) mass is 373 g/mol. The summed E-state index contributed by atoms with van der Waals surface area (Å²) >= 11 is 0. The Kier molecular flexibility index (Phi) is 8.58. The van der Waals surface area contributed by atoms with Crippen LogP contribution in [0.15, 0.2) is 36.4 Å². The number of aliphatic hydroxyl groups excluding tert-OH is 1. The molecule has 6 heteroatoms. The van der Waals surface area contributed by atoms with Gasteiger partial charge in [-0.05, 0) is 49.1 Å². The summed E-state index contributed by atoms with van der Waals surface area (Å²) < 4.78 is 15.7. The minimum absolute atomic E-state index is 0.145. The molecule has 1 N–H and O–H groups in total. The maximum absolute atomic E-state index is 11.4. The van der Waals surface area contributed by atoms with Crippen LogP contribution in [-0.2, 0) is 29.0 Å². The topological polar surface area (TPSA) is 77.9 Å². The molecule has 0 saturated heterocycles. The van der Waals surface area contributed by atoms with Gasteiger partial charge >= 0.3 is 5.97 Å². The number of nitrogens with zero attached hydrogens (tertiary/aromatic N) is 1. The predicted octanol–water partition coefficient (Wildman–Crippen LogP) is 3.09. The largest absolute Gasteiger partial charge is 0.497 e. The minimum Gasteiger partial charge on any atom is -0.497 e. The molecule has 1 aromatic heterocycles. The molecule has 0 saturated carbocycles. The van der Waals surface area contributed by atoms with Crippen LogP contribution < -0.4 is 9.47 Å². The molecule has 0 atom stereocenters. The zero-order valence-electron chi connectivity index (χ0n) is 15.9. The molecule has 0 unspecified atom stereocenters. The van der Waals surface area contributed by atoms with Gasteiger partial charge < -0.3 is 19.3 Å². The highest BCUT2D eigenvalue weighted by Gasteiger charge is 2.10. The van der Waals surface area contributed by atoms with E-state index in [1.165, 1.54) is 12.7 Å². The Morgan fingerprint density at radius 1 is 1.04 bits per heavy atom. The van der Waals surface area contributed by atoms with Crippen LogP contribution in [0, 0.1) is 0 Å². The van der Waals surface area contributed by atoms with Crippen molar-refractivity contribution in [2.24, 2.45) is 0 Å². The lowest BCUT2D eigenvalue weighted by Gasteiger charge is -2.12. The lowest BCUT2D eigenvalue weighted by Crippen LogP contribution is -2.07. The molecule has 146 valence electrons. The van der Waals surface area contributed by atoms with Crippen molar-refractivity contribution in [3.63, 3.8) is 0 Å². The molecule has 0 aliphatic carbocycles. The number of carbonyl (C=O) groups is 1. The molecular formula is C21H27NO5. The lowest BCUT2D eigenvalue weighted by atomic mass is 10.1. The number of unbranched alkanes of at least 4 members (excludes halogenated alkanes) is 1. The third-order valence-corrected chi connectivity index (χ3v) is 4.22. The standard InChI is InChI=1S/C21H27NO5/c1-25-18-9-6-16(7-10-18)5-3-4-14-27-20-12-8-17(15-23)22-19(20)11-13-21(24)26-2/h6-10,12,23H,3-5,11,13-15H2,1-2H3. The first-order valence-electron chi connectivity index (χ1n) is 9.08. The van der Waals surface area contributed by atoms with E-state index in [1.807, 2.05) is 12.1 Å². The zero-order chi connectivity index (χ0) is 19.5. The van der Waals surface area contributed by atoms with E-state index in [0.717, 1.165) is 25.0 Å². The summed E-state index contributed by atoms with van der Waals surface area (Å²) in [6.07, 6.45) is 3.54. The Hall–Kier alpha value is -2.60. The first kappa shape index (κ1) is 20.7. The maximum atomic E-state index is 11.4. The van der Waals surface area contributed by atoms with Gasteiger partial charge in [-0.1, -0.05) is 12.1 Å². The van der Waals surface area contributed by atoms with Crippen molar-refractivity contribution in [1.82, 2.24) is 4.98 Å². The number of aryl methyl sites for hydroxylation is 2. The second-order valence-corrected chi connectivity index (χ2v) is 6.14. The van der Waals surface area contributed by atoms with Crippen LogP contribution >= 0.6 is 0 Å². The quantitative estimate of drug-likeness (QED) is 0.482. The number of aromatic nitrogens is 1. The second kappa shape index (κ2) is 11.2. The lowest BCUT2D eigenvalue weighted by molar-refractivity contribution is -0.140. The van der Waals surface area contributed by atoms with Gasteiger partial charge in [0.1, 0.15) is 11.5 Å². The summed E-state index contributed by atoms with van der Waals surface area (Å²) in [6.45, 7) is 0.425. The molecule has 0 aliphatic rings. The number of rotatable bonds is 11. The van der Waals surface area contributed by atoms with Gasteiger partial charge in [0.25, 0.3) is 0 Å². The van der Waals surface area contributed by atoms with Crippen LogP contribution in [0.3, 0.4) is 0 Å². The smallest absolute Gasteiger partial charge is 0.305 e. The number of esters is 1. The molecule has 2 rings (SSSR count). The molecule has 2 aromatic rings. The summed E-state index contributed by atoms with van der Waals surface area (Å²) in [5, 5.41) is 9.26. The van der Waals surface area contributed by atoms with Crippen LogP contribution in [0.2, 0.25) is 0 Å². The van der Waals surface area contributed by atoms with Crippen molar-refractivity contribution in [3.8, 4) is 11.5 Å². The Morgan fingerprint density at radius 3 is 2.48 bits per heavy atom. The van der Waals surface area contributed by atoms with E-state index < -0.39 is 0 Å². The van der Waals surface area contributed by atoms with Crippen LogP contribution in [0.5, 0.6) is 11.5 Å². The van der Waals surface area contributed by atoms with Gasteiger partial charge in [-0.25, -0.2) is 0 Å². The van der Waals surface area contributed by atoms with Crippen molar-refractivity contribution < 1.29 is 24.1 Å². The van der Waals surface area contributed by atoms with Crippen LogP contribution in [0.25, 0.3) is 0 Å². The van der Waals surface area contributed by atoms with Gasteiger partial charge in [0.05, 0.1) is 45.2 Å². The highest BCUT2D eigenvalue weighted by Crippen LogP contribution is 2.20. The Morgan fingerprint density at radius 2 is 1.81 bits per heavy atom. The van der Waals surface area contributed by atoms with Crippen LogP contribution in [0.4, 0.5) is 0 Å². The summed E-state index contributed by atoms with van der Waals surface area (Å²) in [7, 11) is 3.02. The van der Waals surface area contributed by atoms with Gasteiger partial charge in [-0.2, -0.15) is 0 Å². The third-order valence-electron chi connectivity index (χ3n) is 4.22. The van der Waals surface area contributed by atoms with Gasteiger partial charge in [-0.15, -0.1) is 0 Å². The average molecular weight is 373 g/mol. The predicted molar refractivity (Wildman–Crippen MR) is 102 cm³/mol. The number of methoxy groups -OCH3 is 2. The highest BCUT2D eigenvalue weighted by atomic mass is 16.5. The number of aliphatic hydroxyl groups is 1. The Balaban J connectivity index is 1.82. The number of carbonyl (C=O) groups excluding carboxylic acids is 1. The van der Waals surface area contributed by atoms with Crippen molar-refractivity contribution in [2.45, 2.75) is 38.7 Å². The minimum atomic E-state index is -0.295. The van der Waals surface area contributed by atoms with Crippen molar-refractivity contribution in [1.29, 1.82) is 0 Å². The summed E-state index contributed by atoms with van der Waals surface area (Å²) in [4.78, 5) is 15.7. The van der Waals surface area contributed by atoms with E-state index in [1.54, 1.807) is 19.2 Å². The molecule has 6 nitrogen and oxygen atoms in total. The molecular weight excluding hydrogens is 346 g/mol. The molecule has 0 bridgehead atoms. The first-order valence-corrected chi connectivity index (χ1v) is 9.08. The summed E-state index contributed by atoms with van der Waals surface area (Å²) in [5.74, 6) is 1.22. The van der Waals surface area contributed by atoms with Gasteiger partial charge in [0.2, 0.25) is 0 Å². The SMILES string of the molecule is COC(=O)CCc1nc(CO)ccc1OCCCCc1ccc(OC)cc1. The molecule has 1 heterocycles. The number of pyridine rings is 1.